The van der Waals surface area contributed by atoms with E-state index in [0.717, 1.165) is 37.1 Å². The molecule has 1 amide bonds. The van der Waals surface area contributed by atoms with E-state index in [-0.39, 0.29) is 11.9 Å². The van der Waals surface area contributed by atoms with E-state index in [1.165, 1.54) is 0 Å². The first-order chi connectivity index (χ1) is 15.1. The summed E-state index contributed by atoms with van der Waals surface area (Å²) in [6, 6.07) is 13.7. The maximum atomic E-state index is 13.7. The molecule has 0 aliphatic carbocycles. The van der Waals surface area contributed by atoms with Gasteiger partial charge in [-0.05, 0) is 44.0 Å². The molecule has 0 bridgehead atoms. The van der Waals surface area contributed by atoms with Crippen LogP contribution in [0, 0.1) is 0 Å². The monoisotopic (exact) mass is 424 g/mol. The highest BCUT2D eigenvalue weighted by Crippen LogP contribution is 2.38. The normalized spacial score (nSPS) is 16.5. The van der Waals surface area contributed by atoms with E-state index in [4.69, 9.17) is 14.2 Å². The molecular formula is C25H32N2O4. The molecule has 166 valence electrons. The molecule has 31 heavy (non-hydrogen) atoms. The molecule has 2 aromatic carbocycles. The van der Waals surface area contributed by atoms with Crippen LogP contribution < -0.4 is 19.5 Å². The second-order valence-corrected chi connectivity index (χ2v) is 7.75. The zero-order chi connectivity index (χ0) is 22.2. The van der Waals surface area contributed by atoms with Crippen LogP contribution in [-0.2, 0) is 0 Å². The number of hydrogen-bond donors (Lipinski definition) is 1. The average Bonchev–Trinajstić information content (AvgIpc) is 2.82. The molecule has 0 radical (unpaired) electrons. The summed E-state index contributed by atoms with van der Waals surface area (Å²) < 4.78 is 16.3. The minimum Gasteiger partial charge on any atom is -0.493 e. The van der Waals surface area contributed by atoms with Crippen LogP contribution in [0.4, 0.5) is 0 Å². The number of benzene rings is 2. The summed E-state index contributed by atoms with van der Waals surface area (Å²) in [4.78, 5) is 15.6. The SMILES string of the molecule is COc1cc(C(=O)N(C/C(C)=C/c2ccccc2)C2CCCNC2)cc(OC)c1OC. The Bertz CT molecular complexity index is 880. The van der Waals surface area contributed by atoms with Crippen LogP contribution in [0.3, 0.4) is 0 Å². The highest BCUT2D eigenvalue weighted by atomic mass is 16.5. The van der Waals surface area contributed by atoms with Gasteiger partial charge < -0.3 is 24.4 Å². The predicted molar refractivity (Wildman–Crippen MR) is 123 cm³/mol. The van der Waals surface area contributed by atoms with Gasteiger partial charge in [0, 0.05) is 24.7 Å². The lowest BCUT2D eigenvalue weighted by molar-refractivity contribution is 0.0670. The molecule has 1 aliphatic heterocycles. The highest BCUT2D eigenvalue weighted by molar-refractivity contribution is 5.96. The van der Waals surface area contributed by atoms with Crippen molar-refractivity contribution in [3.8, 4) is 17.2 Å². The van der Waals surface area contributed by atoms with E-state index in [0.29, 0.717) is 29.4 Å². The summed E-state index contributed by atoms with van der Waals surface area (Å²) in [6.07, 6.45) is 4.15. The van der Waals surface area contributed by atoms with Crippen LogP contribution in [-0.4, -0.2) is 57.8 Å². The predicted octanol–water partition coefficient (Wildman–Crippen LogP) is 4.01. The van der Waals surface area contributed by atoms with Gasteiger partial charge in [0.25, 0.3) is 5.91 Å². The van der Waals surface area contributed by atoms with E-state index in [2.05, 4.69) is 30.4 Å². The Morgan fingerprint density at radius 2 is 1.77 bits per heavy atom. The second-order valence-electron chi connectivity index (χ2n) is 7.75. The molecule has 1 fully saturated rings. The van der Waals surface area contributed by atoms with E-state index in [1.54, 1.807) is 33.5 Å². The molecule has 2 aromatic rings. The van der Waals surface area contributed by atoms with Crippen molar-refractivity contribution < 1.29 is 19.0 Å². The Labute approximate surface area is 184 Å². The number of ether oxygens (including phenoxy) is 3. The first-order valence-electron chi connectivity index (χ1n) is 10.6. The van der Waals surface area contributed by atoms with Crippen LogP contribution in [0.25, 0.3) is 6.08 Å². The van der Waals surface area contributed by atoms with Crippen molar-refractivity contribution in [2.24, 2.45) is 0 Å². The lowest BCUT2D eigenvalue weighted by Crippen LogP contribution is -2.49. The third-order valence-electron chi connectivity index (χ3n) is 5.52. The molecule has 3 rings (SSSR count). The van der Waals surface area contributed by atoms with Crippen LogP contribution in [0.2, 0.25) is 0 Å². The third-order valence-corrected chi connectivity index (χ3v) is 5.52. The number of methoxy groups -OCH3 is 3. The van der Waals surface area contributed by atoms with Crippen molar-refractivity contribution in [1.82, 2.24) is 10.2 Å². The topological polar surface area (TPSA) is 60.0 Å². The van der Waals surface area contributed by atoms with E-state index in [9.17, 15) is 4.79 Å². The van der Waals surface area contributed by atoms with Gasteiger partial charge in [-0.3, -0.25) is 4.79 Å². The minimum absolute atomic E-state index is 0.0474. The maximum absolute atomic E-state index is 13.7. The maximum Gasteiger partial charge on any atom is 0.254 e. The standard InChI is InChI=1S/C25H32N2O4/c1-18(13-19-9-6-5-7-10-19)17-27(21-11-8-12-26-16-21)25(28)20-14-22(29-2)24(31-4)23(15-20)30-3/h5-7,9-10,13-15,21,26H,8,11-12,16-17H2,1-4H3/b18-13+. The van der Waals surface area contributed by atoms with Crippen molar-refractivity contribution in [3.63, 3.8) is 0 Å². The van der Waals surface area contributed by atoms with Gasteiger partial charge in [0.05, 0.1) is 21.3 Å². The molecule has 6 heteroatoms. The van der Waals surface area contributed by atoms with Crippen LogP contribution in [0.5, 0.6) is 17.2 Å². The highest BCUT2D eigenvalue weighted by Gasteiger charge is 2.28. The fraction of sp³-hybridized carbons (Fsp3) is 0.400. The zero-order valence-corrected chi connectivity index (χ0v) is 18.8. The van der Waals surface area contributed by atoms with E-state index < -0.39 is 0 Å². The zero-order valence-electron chi connectivity index (χ0n) is 18.8. The summed E-state index contributed by atoms with van der Waals surface area (Å²) >= 11 is 0. The van der Waals surface area contributed by atoms with Gasteiger partial charge in [0.15, 0.2) is 11.5 Å². The molecule has 1 aliphatic rings. The lowest BCUT2D eigenvalue weighted by Gasteiger charge is -2.35. The van der Waals surface area contributed by atoms with Crippen LogP contribution in [0.15, 0.2) is 48.0 Å². The molecule has 1 unspecified atom stereocenters. The summed E-state index contributed by atoms with van der Waals surface area (Å²) in [6.45, 7) is 4.39. The fourth-order valence-electron chi connectivity index (χ4n) is 3.98. The molecule has 1 heterocycles. The molecule has 0 saturated carbocycles. The number of nitrogens with one attached hydrogen (secondary N) is 1. The summed E-state index contributed by atoms with van der Waals surface area (Å²) in [5.41, 5.74) is 2.77. The van der Waals surface area contributed by atoms with Gasteiger partial charge in [0.1, 0.15) is 0 Å². The van der Waals surface area contributed by atoms with Gasteiger partial charge >= 0.3 is 0 Å². The van der Waals surface area contributed by atoms with E-state index >= 15 is 0 Å². The number of nitrogens with zero attached hydrogens (tertiary/aromatic N) is 1. The number of piperidine rings is 1. The quantitative estimate of drug-likeness (QED) is 0.694. The second kappa shape index (κ2) is 10.9. The van der Waals surface area contributed by atoms with Gasteiger partial charge in [-0.25, -0.2) is 0 Å². The summed E-state index contributed by atoms with van der Waals surface area (Å²) in [5, 5.41) is 3.43. The number of hydrogen-bond acceptors (Lipinski definition) is 5. The van der Waals surface area contributed by atoms with Gasteiger partial charge in [-0.1, -0.05) is 42.0 Å². The van der Waals surface area contributed by atoms with Gasteiger partial charge in [-0.2, -0.15) is 0 Å². The summed E-state index contributed by atoms with van der Waals surface area (Å²) in [5.74, 6) is 1.38. The number of carbonyl (C=O) groups is 1. The van der Waals surface area contributed by atoms with Gasteiger partial charge in [-0.15, -0.1) is 0 Å². The third kappa shape index (κ3) is 5.58. The molecule has 1 N–H and O–H groups in total. The Hall–Kier alpha value is -2.99. The van der Waals surface area contributed by atoms with Crippen molar-refractivity contribution in [2.75, 3.05) is 41.0 Å². The molecule has 0 spiro atoms. The number of carbonyl (C=O) groups excluding carboxylic acids is 1. The fourth-order valence-corrected chi connectivity index (χ4v) is 3.98. The van der Waals surface area contributed by atoms with Gasteiger partial charge in [0.2, 0.25) is 5.75 Å². The van der Waals surface area contributed by atoms with Crippen molar-refractivity contribution in [3.05, 3.63) is 59.2 Å². The molecule has 0 aromatic heterocycles. The number of amides is 1. The minimum atomic E-state index is -0.0474. The first kappa shape index (κ1) is 22.7. The Kier molecular flexibility index (Phi) is 7.95. The van der Waals surface area contributed by atoms with Crippen LogP contribution >= 0.6 is 0 Å². The molecular weight excluding hydrogens is 392 g/mol. The Morgan fingerprint density at radius 3 is 2.32 bits per heavy atom. The number of rotatable bonds is 8. The average molecular weight is 425 g/mol. The lowest BCUT2D eigenvalue weighted by atomic mass is 10.0. The first-order valence-corrected chi connectivity index (χ1v) is 10.6. The van der Waals surface area contributed by atoms with Crippen molar-refractivity contribution in [1.29, 1.82) is 0 Å². The van der Waals surface area contributed by atoms with Crippen LogP contribution in [0.1, 0.15) is 35.7 Å². The van der Waals surface area contributed by atoms with Crippen molar-refractivity contribution in [2.45, 2.75) is 25.8 Å². The summed E-state index contributed by atoms with van der Waals surface area (Å²) in [7, 11) is 4.67. The van der Waals surface area contributed by atoms with Crippen molar-refractivity contribution >= 4 is 12.0 Å². The Balaban J connectivity index is 1.93. The molecule has 1 atom stereocenters. The molecule has 1 saturated heterocycles. The smallest absolute Gasteiger partial charge is 0.254 e. The van der Waals surface area contributed by atoms with E-state index in [1.807, 2.05) is 23.1 Å². The largest absolute Gasteiger partial charge is 0.493 e. The molecule has 6 nitrogen and oxygen atoms in total. The Morgan fingerprint density at radius 1 is 1.10 bits per heavy atom.